The van der Waals surface area contributed by atoms with Gasteiger partial charge in [-0.3, -0.25) is 4.79 Å². The first kappa shape index (κ1) is 17.3. The van der Waals surface area contributed by atoms with Gasteiger partial charge in [0, 0.05) is 19.5 Å². The van der Waals surface area contributed by atoms with Crippen LogP contribution in [0.2, 0.25) is 0 Å². The van der Waals surface area contributed by atoms with Crippen molar-refractivity contribution in [1.29, 1.82) is 0 Å². The molecule has 124 valence electrons. The van der Waals surface area contributed by atoms with Gasteiger partial charge in [-0.1, -0.05) is 18.7 Å². The lowest BCUT2D eigenvalue weighted by molar-refractivity contribution is -0.120. The summed E-state index contributed by atoms with van der Waals surface area (Å²) in [6, 6.07) is 0. The third kappa shape index (κ3) is 4.01. The lowest BCUT2D eigenvalue weighted by Gasteiger charge is -2.12. The van der Waals surface area contributed by atoms with Gasteiger partial charge in [-0.05, 0) is 19.8 Å². The van der Waals surface area contributed by atoms with Crippen molar-refractivity contribution in [2.75, 3.05) is 18.1 Å². The Hall–Kier alpha value is -1.09. The van der Waals surface area contributed by atoms with Crippen molar-refractivity contribution in [2.24, 2.45) is 7.05 Å². The molecule has 1 amide bonds. The van der Waals surface area contributed by atoms with Crippen molar-refractivity contribution in [3.63, 3.8) is 0 Å². The van der Waals surface area contributed by atoms with E-state index >= 15 is 0 Å². The van der Waals surface area contributed by atoms with Crippen molar-refractivity contribution >= 4 is 27.5 Å². The van der Waals surface area contributed by atoms with Gasteiger partial charge < -0.3 is 9.88 Å². The standard InChI is InChI=1S/C13H22N4O3S2/c1-4-6-14-12(18)9(2)21-13-16-15-11(17(13)3)10-5-7-22(19,20)8-10/h9-10H,4-8H2,1-3H3,(H,14,18)/t9-,10-/m0/s1. The minimum atomic E-state index is -2.95. The Bertz CT molecular complexity index is 642. The summed E-state index contributed by atoms with van der Waals surface area (Å²) < 4.78 is 25.0. The summed E-state index contributed by atoms with van der Waals surface area (Å²) in [7, 11) is -1.13. The second-order valence-corrected chi connectivity index (χ2v) is 9.09. The molecule has 0 unspecified atom stereocenters. The molecule has 0 bridgehead atoms. The number of amides is 1. The van der Waals surface area contributed by atoms with Crippen molar-refractivity contribution in [1.82, 2.24) is 20.1 Å². The average molecular weight is 346 g/mol. The summed E-state index contributed by atoms with van der Waals surface area (Å²) in [4.78, 5) is 11.9. The van der Waals surface area contributed by atoms with Crippen LogP contribution in [-0.4, -0.2) is 52.4 Å². The molecule has 1 fully saturated rings. The van der Waals surface area contributed by atoms with Crippen LogP contribution in [0, 0.1) is 0 Å². The van der Waals surface area contributed by atoms with Crippen molar-refractivity contribution < 1.29 is 13.2 Å². The quantitative estimate of drug-likeness (QED) is 0.763. The fourth-order valence-electron chi connectivity index (χ4n) is 2.39. The Morgan fingerprint density at radius 1 is 1.50 bits per heavy atom. The average Bonchev–Trinajstić information content (AvgIpc) is 2.99. The molecular formula is C13H22N4O3S2. The third-order valence-corrected chi connectivity index (χ3v) is 6.57. The lowest BCUT2D eigenvalue weighted by atomic mass is 10.1. The van der Waals surface area contributed by atoms with Gasteiger partial charge >= 0.3 is 0 Å². The highest BCUT2D eigenvalue weighted by atomic mass is 32.2. The van der Waals surface area contributed by atoms with E-state index in [0.29, 0.717) is 23.9 Å². The maximum absolute atomic E-state index is 11.9. The molecule has 0 aliphatic carbocycles. The number of sulfone groups is 1. The van der Waals surface area contributed by atoms with Gasteiger partial charge in [0.15, 0.2) is 15.0 Å². The summed E-state index contributed by atoms with van der Waals surface area (Å²) in [5.41, 5.74) is 0. The minimum Gasteiger partial charge on any atom is -0.355 e. The Balaban J connectivity index is 2.04. The first-order valence-corrected chi connectivity index (χ1v) is 10.1. The van der Waals surface area contributed by atoms with E-state index in [2.05, 4.69) is 15.5 Å². The Kier molecular flexibility index (Phi) is 5.49. The van der Waals surface area contributed by atoms with Crippen molar-refractivity contribution in [3.8, 4) is 0 Å². The first-order valence-electron chi connectivity index (χ1n) is 7.38. The van der Waals surface area contributed by atoms with Gasteiger partial charge in [-0.2, -0.15) is 0 Å². The Morgan fingerprint density at radius 3 is 2.82 bits per heavy atom. The summed E-state index contributed by atoms with van der Waals surface area (Å²) in [5, 5.41) is 11.5. The molecule has 9 heteroatoms. The fourth-order valence-corrected chi connectivity index (χ4v) is 4.97. The highest BCUT2D eigenvalue weighted by molar-refractivity contribution is 8.00. The topological polar surface area (TPSA) is 94.0 Å². The number of hydrogen-bond donors (Lipinski definition) is 1. The van der Waals surface area contributed by atoms with Crippen LogP contribution < -0.4 is 5.32 Å². The van der Waals surface area contributed by atoms with Gasteiger partial charge in [0.25, 0.3) is 0 Å². The van der Waals surface area contributed by atoms with Crippen LogP contribution in [0.1, 0.15) is 38.4 Å². The predicted molar refractivity (Wildman–Crippen MR) is 85.6 cm³/mol. The maximum Gasteiger partial charge on any atom is 0.233 e. The van der Waals surface area contributed by atoms with E-state index in [1.807, 2.05) is 20.9 Å². The van der Waals surface area contributed by atoms with E-state index < -0.39 is 9.84 Å². The van der Waals surface area contributed by atoms with Crippen molar-refractivity contribution in [3.05, 3.63) is 5.82 Å². The molecule has 1 aliphatic rings. The Labute approximate surface area is 135 Å². The zero-order valence-corrected chi connectivity index (χ0v) is 14.7. The van der Waals surface area contributed by atoms with Gasteiger partial charge in [-0.15, -0.1) is 10.2 Å². The normalized spacial score (nSPS) is 21.7. The molecule has 0 saturated carbocycles. The zero-order chi connectivity index (χ0) is 16.3. The smallest absolute Gasteiger partial charge is 0.233 e. The van der Waals surface area contributed by atoms with Crippen LogP contribution in [0.4, 0.5) is 0 Å². The SMILES string of the molecule is CCCNC(=O)[C@H](C)Sc1nnc([C@H]2CCS(=O)(=O)C2)n1C. The fraction of sp³-hybridized carbons (Fsp3) is 0.769. The Morgan fingerprint density at radius 2 is 2.23 bits per heavy atom. The van der Waals surface area contributed by atoms with E-state index in [1.165, 1.54) is 11.8 Å². The molecule has 0 spiro atoms. The number of thioether (sulfide) groups is 1. The molecule has 1 aromatic rings. The molecule has 1 saturated heterocycles. The van der Waals surface area contributed by atoms with Gasteiger partial charge in [-0.25, -0.2) is 8.42 Å². The summed E-state index contributed by atoms with van der Waals surface area (Å²) >= 11 is 1.34. The van der Waals surface area contributed by atoms with E-state index in [4.69, 9.17) is 0 Å². The second-order valence-electron chi connectivity index (χ2n) is 5.55. The number of hydrogen-bond acceptors (Lipinski definition) is 6. The zero-order valence-electron chi connectivity index (χ0n) is 13.1. The molecule has 1 aliphatic heterocycles. The molecule has 1 aromatic heterocycles. The molecule has 2 heterocycles. The van der Waals surface area contributed by atoms with E-state index in [-0.39, 0.29) is 28.6 Å². The van der Waals surface area contributed by atoms with Crippen LogP contribution in [-0.2, 0) is 21.7 Å². The highest BCUT2D eigenvalue weighted by Crippen LogP contribution is 2.30. The third-order valence-electron chi connectivity index (χ3n) is 3.67. The highest BCUT2D eigenvalue weighted by Gasteiger charge is 2.33. The van der Waals surface area contributed by atoms with Gasteiger partial charge in [0.05, 0.1) is 16.8 Å². The van der Waals surface area contributed by atoms with Crippen LogP contribution >= 0.6 is 11.8 Å². The molecule has 2 rings (SSSR count). The second kappa shape index (κ2) is 6.99. The van der Waals surface area contributed by atoms with Crippen molar-refractivity contribution in [2.45, 2.75) is 43.0 Å². The number of carbonyl (C=O) groups is 1. The molecule has 0 aromatic carbocycles. The van der Waals surface area contributed by atoms with E-state index in [9.17, 15) is 13.2 Å². The number of nitrogens with zero attached hydrogens (tertiary/aromatic N) is 3. The molecule has 0 radical (unpaired) electrons. The lowest BCUT2D eigenvalue weighted by Crippen LogP contribution is -2.31. The number of nitrogens with one attached hydrogen (secondary N) is 1. The van der Waals surface area contributed by atoms with Crippen LogP contribution in [0.3, 0.4) is 0 Å². The summed E-state index contributed by atoms with van der Waals surface area (Å²) in [6.45, 7) is 4.49. The molecule has 1 N–H and O–H groups in total. The predicted octanol–water partition coefficient (Wildman–Crippen LogP) is 0.724. The molecule has 22 heavy (non-hydrogen) atoms. The van der Waals surface area contributed by atoms with Crippen LogP contribution in [0.5, 0.6) is 0 Å². The monoisotopic (exact) mass is 346 g/mol. The summed E-state index contributed by atoms with van der Waals surface area (Å²) in [5.74, 6) is 0.907. The molecule has 2 atom stereocenters. The van der Waals surface area contributed by atoms with Crippen LogP contribution in [0.25, 0.3) is 0 Å². The minimum absolute atomic E-state index is 0.0279. The van der Waals surface area contributed by atoms with E-state index in [1.54, 1.807) is 4.57 Å². The van der Waals surface area contributed by atoms with Gasteiger partial charge in [0.2, 0.25) is 5.91 Å². The van der Waals surface area contributed by atoms with Gasteiger partial charge in [0.1, 0.15) is 5.82 Å². The molecule has 7 nitrogen and oxygen atoms in total. The first-order chi connectivity index (χ1) is 10.3. The maximum atomic E-state index is 11.9. The number of carbonyl (C=O) groups excluding carboxylic acids is 1. The molecular weight excluding hydrogens is 324 g/mol. The van der Waals surface area contributed by atoms with Crippen LogP contribution in [0.15, 0.2) is 5.16 Å². The largest absolute Gasteiger partial charge is 0.355 e. The number of rotatable bonds is 6. The summed E-state index contributed by atoms with van der Waals surface area (Å²) in [6.07, 6.45) is 1.49. The number of aromatic nitrogens is 3. The van der Waals surface area contributed by atoms with E-state index in [0.717, 1.165) is 6.42 Å².